The van der Waals surface area contributed by atoms with Gasteiger partial charge in [-0.15, -0.1) is 11.3 Å². The third-order valence-corrected chi connectivity index (χ3v) is 3.71. The van der Waals surface area contributed by atoms with Gasteiger partial charge < -0.3 is 5.32 Å². The Bertz CT molecular complexity index is 534. The van der Waals surface area contributed by atoms with E-state index in [1.54, 1.807) is 11.3 Å². The fraction of sp³-hybridized carbons (Fsp3) is 0.500. The first kappa shape index (κ1) is 12.1. The van der Waals surface area contributed by atoms with Gasteiger partial charge in [0.25, 0.3) is 0 Å². The van der Waals surface area contributed by atoms with Crippen LogP contribution in [0.3, 0.4) is 0 Å². The van der Waals surface area contributed by atoms with Crippen LogP contribution in [0, 0.1) is 18.3 Å². The smallest absolute Gasteiger partial charge is 0.194 e. The first-order valence-electron chi connectivity index (χ1n) is 5.77. The standard InChI is InChI=1S/C12H16N4S/c1-3-10(4-5-13)14-8-11-9(2)15-12-16(11)6-7-17-12/h6-7,10,14H,3-4,8H2,1-2H3. The monoisotopic (exact) mass is 248 g/mol. The number of nitrogens with zero attached hydrogens (tertiary/aromatic N) is 3. The number of nitrogens with one attached hydrogen (secondary N) is 1. The zero-order chi connectivity index (χ0) is 12.3. The maximum atomic E-state index is 8.71. The molecule has 2 aromatic heterocycles. The van der Waals surface area contributed by atoms with Gasteiger partial charge in [0, 0.05) is 24.2 Å². The van der Waals surface area contributed by atoms with Gasteiger partial charge in [0.05, 0.1) is 23.9 Å². The molecular formula is C12H16N4S. The number of nitriles is 1. The molecule has 0 amide bonds. The fourth-order valence-corrected chi connectivity index (χ4v) is 2.64. The summed E-state index contributed by atoms with van der Waals surface area (Å²) in [5.74, 6) is 0. The lowest BCUT2D eigenvalue weighted by Gasteiger charge is -2.13. The van der Waals surface area contributed by atoms with E-state index in [0.29, 0.717) is 6.42 Å². The van der Waals surface area contributed by atoms with E-state index in [2.05, 4.69) is 27.7 Å². The molecule has 0 radical (unpaired) electrons. The van der Waals surface area contributed by atoms with Gasteiger partial charge in [-0.1, -0.05) is 6.92 Å². The topological polar surface area (TPSA) is 53.1 Å². The molecule has 0 saturated carbocycles. The summed E-state index contributed by atoms with van der Waals surface area (Å²) in [4.78, 5) is 5.53. The number of imidazole rings is 1. The van der Waals surface area contributed by atoms with Crippen molar-refractivity contribution in [2.45, 2.75) is 39.3 Å². The lowest BCUT2D eigenvalue weighted by Crippen LogP contribution is -2.28. The number of fused-ring (bicyclic) bond motifs is 1. The van der Waals surface area contributed by atoms with Crippen LogP contribution in [-0.4, -0.2) is 15.4 Å². The average molecular weight is 248 g/mol. The fourth-order valence-electron chi connectivity index (χ4n) is 1.87. The van der Waals surface area contributed by atoms with Gasteiger partial charge in [-0.2, -0.15) is 5.26 Å². The molecule has 1 N–H and O–H groups in total. The number of aryl methyl sites for hydroxylation is 1. The number of aromatic nitrogens is 2. The van der Waals surface area contributed by atoms with Crippen molar-refractivity contribution in [2.24, 2.45) is 0 Å². The first-order chi connectivity index (χ1) is 8.26. The normalized spacial score (nSPS) is 12.8. The number of thiazole rings is 1. The van der Waals surface area contributed by atoms with Crippen LogP contribution >= 0.6 is 11.3 Å². The van der Waals surface area contributed by atoms with Crippen molar-refractivity contribution in [3.05, 3.63) is 23.0 Å². The van der Waals surface area contributed by atoms with Crippen molar-refractivity contribution in [1.29, 1.82) is 5.26 Å². The Kier molecular flexibility index (Phi) is 3.77. The molecule has 0 aliphatic heterocycles. The van der Waals surface area contributed by atoms with Crippen LogP contribution in [0.4, 0.5) is 0 Å². The van der Waals surface area contributed by atoms with Crippen molar-refractivity contribution in [3.8, 4) is 6.07 Å². The highest BCUT2D eigenvalue weighted by atomic mass is 32.1. The van der Waals surface area contributed by atoms with E-state index in [1.165, 1.54) is 5.69 Å². The summed E-state index contributed by atoms with van der Waals surface area (Å²) in [5, 5.41) is 14.2. The van der Waals surface area contributed by atoms with Gasteiger partial charge in [0.15, 0.2) is 4.96 Å². The molecule has 0 aliphatic rings. The number of hydrogen-bond donors (Lipinski definition) is 1. The molecule has 0 saturated heterocycles. The van der Waals surface area contributed by atoms with E-state index >= 15 is 0 Å². The molecule has 1 unspecified atom stereocenters. The second kappa shape index (κ2) is 5.30. The molecule has 1 atom stereocenters. The van der Waals surface area contributed by atoms with Crippen molar-refractivity contribution in [2.75, 3.05) is 0 Å². The van der Waals surface area contributed by atoms with Crippen LogP contribution in [0.1, 0.15) is 31.2 Å². The van der Waals surface area contributed by atoms with Crippen LogP contribution in [0.25, 0.3) is 4.96 Å². The average Bonchev–Trinajstić information content (AvgIpc) is 2.86. The Hall–Kier alpha value is -1.38. The van der Waals surface area contributed by atoms with Crippen LogP contribution in [-0.2, 0) is 6.54 Å². The van der Waals surface area contributed by atoms with E-state index in [9.17, 15) is 0 Å². The largest absolute Gasteiger partial charge is 0.307 e. The van der Waals surface area contributed by atoms with Crippen LogP contribution in [0.2, 0.25) is 0 Å². The van der Waals surface area contributed by atoms with Crippen LogP contribution < -0.4 is 5.32 Å². The maximum absolute atomic E-state index is 8.71. The lowest BCUT2D eigenvalue weighted by atomic mass is 10.1. The highest BCUT2D eigenvalue weighted by Gasteiger charge is 2.11. The minimum absolute atomic E-state index is 0.267. The number of rotatable bonds is 5. The zero-order valence-corrected chi connectivity index (χ0v) is 10.9. The lowest BCUT2D eigenvalue weighted by molar-refractivity contribution is 0.499. The summed E-state index contributed by atoms with van der Waals surface area (Å²) in [6.07, 6.45) is 3.57. The Balaban J connectivity index is 2.10. The molecule has 17 heavy (non-hydrogen) atoms. The van der Waals surface area contributed by atoms with E-state index < -0.39 is 0 Å². The Labute approximate surface area is 105 Å². The Morgan fingerprint density at radius 2 is 2.47 bits per heavy atom. The minimum Gasteiger partial charge on any atom is -0.307 e. The zero-order valence-electron chi connectivity index (χ0n) is 10.1. The van der Waals surface area contributed by atoms with Crippen LogP contribution in [0.5, 0.6) is 0 Å². The van der Waals surface area contributed by atoms with Gasteiger partial charge in [-0.3, -0.25) is 4.40 Å². The van der Waals surface area contributed by atoms with Crippen molar-refractivity contribution >= 4 is 16.3 Å². The molecule has 0 aliphatic carbocycles. The van der Waals surface area contributed by atoms with Gasteiger partial charge in [0.2, 0.25) is 0 Å². The van der Waals surface area contributed by atoms with Crippen molar-refractivity contribution in [3.63, 3.8) is 0 Å². The molecule has 0 fully saturated rings. The molecular weight excluding hydrogens is 232 g/mol. The van der Waals surface area contributed by atoms with Crippen LogP contribution in [0.15, 0.2) is 11.6 Å². The van der Waals surface area contributed by atoms with Gasteiger partial charge in [0.1, 0.15) is 0 Å². The summed E-state index contributed by atoms with van der Waals surface area (Å²) in [6.45, 7) is 4.89. The highest BCUT2D eigenvalue weighted by molar-refractivity contribution is 7.15. The Morgan fingerprint density at radius 3 is 3.18 bits per heavy atom. The predicted molar refractivity (Wildman–Crippen MR) is 69.0 cm³/mol. The maximum Gasteiger partial charge on any atom is 0.194 e. The van der Waals surface area contributed by atoms with Crippen molar-refractivity contribution < 1.29 is 0 Å². The molecule has 2 heterocycles. The van der Waals surface area contributed by atoms with Gasteiger partial charge in [-0.25, -0.2) is 4.98 Å². The SMILES string of the molecule is CCC(CC#N)NCc1c(C)nc2sccn12. The molecule has 0 aromatic carbocycles. The Morgan fingerprint density at radius 1 is 1.65 bits per heavy atom. The molecule has 4 nitrogen and oxygen atoms in total. The molecule has 2 rings (SSSR count). The minimum atomic E-state index is 0.267. The highest BCUT2D eigenvalue weighted by Crippen LogP contribution is 2.16. The molecule has 5 heteroatoms. The summed E-state index contributed by atoms with van der Waals surface area (Å²) in [5.41, 5.74) is 2.26. The van der Waals surface area contributed by atoms with Gasteiger partial charge >= 0.3 is 0 Å². The van der Waals surface area contributed by atoms with E-state index in [4.69, 9.17) is 5.26 Å². The summed E-state index contributed by atoms with van der Waals surface area (Å²) in [6, 6.07) is 2.48. The third kappa shape index (κ3) is 2.48. The summed E-state index contributed by atoms with van der Waals surface area (Å²) >= 11 is 1.64. The second-order valence-corrected chi connectivity index (χ2v) is 4.92. The summed E-state index contributed by atoms with van der Waals surface area (Å²) in [7, 11) is 0. The molecule has 90 valence electrons. The van der Waals surface area contributed by atoms with E-state index in [1.807, 2.05) is 18.5 Å². The van der Waals surface area contributed by atoms with E-state index in [-0.39, 0.29) is 6.04 Å². The quantitative estimate of drug-likeness (QED) is 0.884. The first-order valence-corrected chi connectivity index (χ1v) is 6.65. The molecule has 2 aromatic rings. The van der Waals surface area contributed by atoms with Crippen molar-refractivity contribution in [1.82, 2.24) is 14.7 Å². The number of hydrogen-bond acceptors (Lipinski definition) is 4. The van der Waals surface area contributed by atoms with Gasteiger partial charge in [-0.05, 0) is 13.3 Å². The predicted octanol–water partition coefficient (Wildman–Crippen LogP) is 2.49. The second-order valence-electron chi connectivity index (χ2n) is 4.05. The molecule has 0 bridgehead atoms. The van der Waals surface area contributed by atoms with E-state index in [0.717, 1.165) is 23.6 Å². The molecule has 0 spiro atoms. The third-order valence-electron chi connectivity index (χ3n) is 2.95. The summed E-state index contributed by atoms with van der Waals surface area (Å²) < 4.78 is 2.12.